The van der Waals surface area contributed by atoms with E-state index in [0.717, 1.165) is 39.8 Å². The Bertz CT molecular complexity index is 3660. The largest absolute Gasteiger partial charge is 0.311 e. The Morgan fingerprint density at radius 3 is 1.27 bits per heavy atom. The van der Waals surface area contributed by atoms with E-state index in [9.17, 15) is 0 Å². The van der Waals surface area contributed by atoms with Gasteiger partial charge in [-0.1, -0.05) is 194 Å². The second-order valence-electron chi connectivity index (χ2n) is 18.1. The summed E-state index contributed by atoms with van der Waals surface area (Å²) >= 11 is 0. The van der Waals surface area contributed by atoms with E-state index in [2.05, 4.69) is 299 Å². The smallest absolute Gasteiger partial charge is 0.0742 e. The van der Waals surface area contributed by atoms with Crippen molar-refractivity contribution >= 4 is 55.9 Å². The van der Waals surface area contributed by atoms with Crippen LogP contribution in [0.15, 0.2) is 285 Å². The molecule has 11 aromatic carbocycles. The minimum Gasteiger partial charge on any atom is -0.311 e. The molecule has 0 unspecified atom stereocenters. The number of rotatable bonds is 9. The average Bonchev–Trinajstić information content (AvgIpc) is 3.78. The van der Waals surface area contributed by atoms with Crippen molar-refractivity contribution in [1.29, 1.82) is 0 Å². The zero-order valence-electron chi connectivity index (χ0n) is 38.5. The number of anilines is 6. The van der Waals surface area contributed by atoms with Crippen LogP contribution < -0.4 is 9.80 Å². The second-order valence-corrected chi connectivity index (χ2v) is 18.1. The van der Waals surface area contributed by atoms with Gasteiger partial charge in [-0.2, -0.15) is 0 Å². The predicted octanol–water partition coefficient (Wildman–Crippen LogP) is 17.8. The molecule has 2 heterocycles. The summed E-state index contributed by atoms with van der Waals surface area (Å²) in [6.45, 7) is 0. The molecule has 0 saturated carbocycles. The molecule has 0 radical (unpaired) electrons. The van der Waals surface area contributed by atoms with Crippen molar-refractivity contribution in [1.82, 2.24) is 4.57 Å². The number of hydrogen-bond donors (Lipinski definition) is 0. The molecule has 0 saturated heterocycles. The number of nitrogens with zero attached hydrogens (tertiary/aromatic N) is 3. The van der Waals surface area contributed by atoms with Crippen LogP contribution in [-0.2, 0) is 5.41 Å². The van der Waals surface area contributed by atoms with Gasteiger partial charge in [0.05, 0.1) is 27.8 Å². The molecule has 1 aromatic heterocycles. The van der Waals surface area contributed by atoms with Crippen LogP contribution in [-0.4, -0.2) is 4.57 Å². The Morgan fingerprint density at radius 2 is 0.714 bits per heavy atom. The van der Waals surface area contributed by atoms with Crippen molar-refractivity contribution in [2.45, 2.75) is 5.41 Å². The van der Waals surface area contributed by atoms with Crippen molar-refractivity contribution in [3.05, 3.63) is 307 Å². The van der Waals surface area contributed by atoms with Crippen molar-refractivity contribution in [2.24, 2.45) is 0 Å². The Balaban J connectivity index is 0.957. The van der Waals surface area contributed by atoms with Crippen LogP contribution in [0.4, 0.5) is 34.1 Å². The normalized spacial score (nSPS) is 12.7. The van der Waals surface area contributed by atoms with E-state index in [1.165, 1.54) is 66.3 Å². The Labute approximate surface area is 409 Å². The maximum atomic E-state index is 2.47. The van der Waals surface area contributed by atoms with Gasteiger partial charge in [0, 0.05) is 39.2 Å². The Kier molecular flexibility index (Phi) is 10.1. The van der Waals surface area contributed by atoms with E-state index in [1.54, 1.807) is 0 Å². The highest BCUT2D eigenvalue weighted by atomic mass is 15.2. The van der Waals surface area contributed by atoms with Crippen LogP contribution in [0.1, 0.15) is 22.3 Å². The van der Waals surface area contributed by atoms with Crippen LogP contribution in [0.25, 0.3) is 49.7 Å². The van der Waals surface area contributed by atoms with Crippen molar-refractivity contribution in [3.63, 3.8) is 0 Å². The molecule has 0 fully saturated rings. The summed E-state index contributed by atoms with van der Waals surface area (Å²) < 4.78 is 2.40. The topological polar surface area (TPSA) is 11.4 Å². The molecule has 330 valence electrons. The Hall–Kier alpha value is -9.18. The minimum atomic E-state index is -0.635. The molecule has 1 aliphatic rings. The fraction of sp³-hybridized carbons (Fsp3) is 0.0149. The maximum absolute atomic E-state index is 2.47. The standard InChI is InChI=1S/C67H47N3/c1-5-19-48(20-6-1)50-33-38-55(39-34-50)68(56-40-35-51(36-41-56)49-21-7-2-8-22-49)57-42-44-58(45-43-57)70-65-31-17-14-28-61(65)67(52-23-9-3-10-24-52,62-29-15-18-32-66(62)70)53-37-46-64-60(47-53)59-27-13-16-30-63(59)69(64)54-25-11-4-12-26-54/h1-47H. The molecule has 0 aliphatic carbocycles. The molecule has 12 aromatic rings. The zero-order valence-corrected chi connectivity index (χ0v) is 38.5. The first kappa shape index (κ1) is 41.0. The highest BCUT2D eigenvalue weighted by Gasteiger charge is 2.46. The van der Waals surface area contributed by atoms with Crippen LogP contribution in [0.5, 0.6) is 0 Å². The highest BCUT2D eigenvalue weighted by molar-refractivity contribution is 6.10. The van der Waals surface area contributed by atoms with Gasteiger partial charge < -0.3 is 14.4 Å². The number of aromatic nitrogens is 1. The molecule has 0 spiro atoms. The summed E-state index contributed by atoms with van der Waals surface area (Å²) in [5.74, 6) is 0. The number of fused-ring (bicyclic) bond motifs is 5. The van der Waals surface area contributed by atoms with Crippen LogP contribution in [0, 0.1) is 0 Å². The number of para-hydroxylation sites is 4. The van der Waals surface area contributed by atoms with Gasteiger partial charge in [-0.3, -0.25) is 0 Å². The number of benzene rings is 11. The maximum Gasteiger partial charge on any atom is 0.0742 e. The predicted molar refractivity (Wildman–Crippen MR) is 293 cm³/mol. The zero-order chi connectivity index (χ0) is 46.4. The third kappa shape index (κ3) is 6.74. The van der Waals surface area contributed by atoms with E-state index in [1.807, 2.05) is 0 Å². The molecule has 0 atom stereocenters. The average molecular weight is 894 g/mol. The van der Waals surface area contributed by atoms with Gasteiger partial charge >= 0.3 is 0 Å². The molecule has 0 bridgehead atoms. The molecule has 0 N–H and O–H groups in total. The Morgan fingerprint density at radius 1 is 0.286 bits per heavy atom. The van der Waals surface area contributed by atoms with Gasteiger partial charge in [-0.15, -0.1) is 0 Å². The third-order valence-corrected chi connectivity index (χ3v) is 14.3. The van der Waals surface area contributed by atoms with E-state index in [-0.39, 0.29) is 0 Å². The van der Waals surface area contributed by atoms with Gasteiger partial charge in [0.25, 0.3) is 0 Å². The van der Waals surface area contributed by atoms with E-state index >= 15 is 0 Å². The molecule has 3 heteroatoms. The summed E-state index contributed by atoms with van der Waals surface area (Å²) in [7, 11) is 0. The first-order chi connectivity index (χ1) is 34.7. The summed E-state index contributed by atoms with van der Waals surface area (Å²) in [4.78, 5) is 4.82. The highest BCUT2D eigenvalue weighted by Crippen LogP contribution is 2.58. The lowest BCUT2D eigenvalue weighted by molar-refractivity contribution is 0.732. The van der Waals surface area contributed by atoms with Crippen molar-refractivity contribution in [2.75, 3.05) is 9.80 Å². The summed E-state index contributed by atoms with van der Waals surface area (Å²) in [6.07, 6.45) is 0. The van der Waals surface area contributed by atoms with Gasteiger partial charge in [0.1, 0.15) is 0 Å². The number of hydrogen-bond acceptors (Lipinski definition) is 2. The van der Waals surface area contributed by atoms with Gasteiger partial charge in [0.2, 0.25) is 0 Å². The van der Waals surface area contributed by atoms with Crippen LogP contribution >= 0.6 is 0 Å². The lowest BCUT2D eigenvalue weighted by atomic mass is 9.62. The first-order valence-electron chi connectivity index (χ1n) is 24.1. The SMILES string of the molecule is c1ccc(-c2ccc(N(c3ccc(-c4ccccc4)cc3)c3ccc(N4c5ccccc5C(c5ccccc5)(c5ccc6c(c5)c5ccccc5n6-c5ccccc5)c5ccccc54)cc3)cc2)cc1. The molecule has 70 heavy (non-hydrogen) atoms. The van der Waals surface area contributed by atoms with Gasteiger partial charge in [-0.05, 0) is 136 Å². The molecule has 1 aliphatic heterocycles. The molecule has 13 rings (SSSR count). The van der Waals surface area contributed by atoms with Gasteiger partial charge in [-0.25, -0.2) is 0 Å². The monoisotopic (exact) mass is 893 g/mol. The van der Waals surface area contributed by atoms with Gasteiger partial charge in [0.15, 0.2) is 0 Å². The van der Waals surface area contributed by atoms with Crippen molar-refractivity contribution < 1.29 is 0 Å². The summed E-state index contributed by atoms with van der Waals surface area (Å²) in [6, 6.07) is 104. The lowest BCUT2D eigenvalue weighted by Gasteiger charge is -2.46. The first-order valence-corrected chi connectivity index (χ1v) is 24.1. The van der Waals surface area contributed by atoms with E-state index in [4.69, 9.17) is 0 Å². The summed E-state index contributed by atoms with van der Waals surface area (Å²) in [5.41, 5.74) is 19.2. The quantitative estimate of drug-likeness (QED) is 0.143. The summed E-state index contributed by atoms with van der Waals surface area (Å²) in [5, 5.41) is 2.47. The third-order valence-electron chi connectivity index (χ3n) is 14.3. The van der Waals surface area contributed by atoms with Crippen LogP contribution in [0.3, 0.4) is 0 Å². The molecule has 3 nitrogen and oxygen atoms in total. The van der Waals surface area contributed by atoms with E-state index < -0.39 is 5.41 Å². The molecular weight excluding hydrogens is 847 g/mol. The van der Waals surface area contributed by atoms with Crippen molar-refractivity contribution in [3.8, 4) is 27.9 Å². The fourth-order valence-corrected chi connectivity index (χ4v) is 11.1. The van der Waals surface area contributed by atoms with Crippen LogP contribution in [0.2, 0.25) is 0 Å². The second kappa shape index (κ2) is 17.2. The van der Waals surface area contributed by atoms with E-state index in [0.29, 0.717) is 0 Å². The lowest BCUT2D eigenvalue weighted by Crippen LogP contribution is -2.37. The molecule has 0 amide bonds. The molecular formula is C67H47N3. The fourth-order valence-electron chi connectivity index (χ4n) is 11.1. The minimum absolute atomic E-state index is 0.635.